The lowest BCUT2D eigenvalue weighted by atomic mass is 9.93. The third-order valence-electron chi connectivity index (χ3n) is 7.41. The van der Waals surface area contributed by atoms with Gasteiger partial charge in [0.15, 0.2) is 16.3 Å². The van der Waals surface area contributed by atoms with Crippen molar-refractivity contribution in [2.24, 2.45) is 4.99 Å². The number of nitrogens with zero attached hydrogens (tertiary/aromatic N) is 2. The first kappa shape index (κ1) is 32.7. The van der Waals surface area contributed by atoms with Crippen LogP contribution in [-0.2, 0) is 16.1 Å². The molecule has 1 aromatic heterocycles. The van der Waals surface area contributed by atoms with E-state index in [9.17, 15) is 14.0 Å². The molecule has 47 heavy (non-hydrogen) atoms. The Morgan fingerprint density at radius 1 is 1.06 bits per heavy atom. The fraction of sp³-hybridized carbons (Fsp3) is 0.139. The van der Waals surface area contributed by atoms with Crippen LogP contribution in [0, 0.1) is 9.39 Å². The molecule has 0 radical (unpaired) electrons. The number of methoxy groups -OCH3 is 1. The Labute approximate surface area is 292 Å². The average Bonchev–Trinajstić information content (AvgIpc) is 3.38. The number of ether oxygens (including phenoxy) is 3. The van der Waals surface area contributed by atoms with E-state index in [0.717, 1.165) is 14.7 Å². The van der Waals surface area contributed by atoms with Crippen LogP contribution in [0.5, 0.6) is 11.5 Å². The van der Waals surface area contributed by atoms with Crippen LogP contribution in [0.2, 0.25) is 5.02 Å². The van der Waals surface area contributed by atoms with Crippen LogP contribution in [0.15, 0.2) is 106 Å². The molecule has 4 aromatic carbocycles. The number of halogens is 3. The Bertz CT molecular complexity index is 2160. The zero-order chi connectivity index (χ0) is 33.1. The number of benzene rings is 4. The third kappa shape index (κ3) is 6.90. The highest BCUT2D eigenvalue weighted by molar-refractivity contribution is 14.1. The van der Waals surface area contributed by atoms with Crippen molar-refractivity contribution in [2.45, 2.75) is 19.6 Å². The van der Waals surface area contributed by atoms with Crippen LogP contribution in [0.25, 0.3) is 11.8 Å². The van der Waals surface area contributed by atoms with Crippen molar-refractivity contribution in [1.29, 1.82) is 0 Å². The number of fused-ring (bicyclic) bond motifs is 1. The first-order valence-electron chi connectivity index (χ1n) is 14.6. The maximum Gasteiger partial charge on any atom is 0.338 e. The van der Waals surface area contributed by atoms with Crippen molar-refractivity contribution in [2.75, 3.05) is 13.7 Å². The standard InChI is InChI=1S/C36H27ClFIN2O5S/c1-3-45-35(43)30-31(23-7-5-4-6-8-23)40-36-41(32(30)24-11-13-25(37)14-12-24)34(42)29(47-36)19-22-17-27(39)33(28(18-22)44-2)46-20-21-9-15-26(38)16-10-21/h4-19,32H,3,20H2,1-2H3/b29-19-/t32-/m0/s1. The smallest absolute Gasteiger partial charge is 0.338 e. The van der Waals surface area contributed by atoms with E-state index in [-0.39, 0.29) is 30.2 Å². The molecule has 0 saturated heterocycles. The van der Waals surface area contributed by atoms with E-state index in [2.05, 4.69) is 22.6 Å². The molecule has 1 atom stereocenters. The lowest BCUT2D eigenvalue weighted by Gasteiger charge is -2.25. The van der Waals surface area contributed by atoms with Gasteiger partial charge in [-0.2, -0.15) is 0 Å². The number of aromatic nitrogens is 1. The van der Waals surface area contributed by atoms with Crippen molar-refractivity contribution in [3.63, 3.8) is 0 Å². The molecule has 2 heterocycles. The van der Waals surface area contributed by atoms with Gasteiger partial charge in [-0.25, -0.2) is 14.2 Å². The number of hydrogen-bond donors (Lipinski definition) is 0. The minimum atomic E-state index is -0.808. The van der Waals surface area contributed by atoms with Gasteiger partial charge in [0.05, 0.1) is 39.1 Å². The zero-order valence-corrected chi connectivity index (χ0v) is 28.9. The summed E-state index contributed by atoms with van der Waals surface area (Å²) in [6, 6.07) is 25.4. The van der Waals surface area contributed by atoms with Gasteiger partial charge in [0.25, 0.3) is 5.56 Å². The highest BCUT2D eigenvalue weighted by Crippen LogP contribution is 2.37. The monoisotopic (exact) mass is 780 g/mol. The van der Waals surface area contributed by atoms with Gasteiger partial charge < -0.3 is 14.2 Å². The second-order valence-electron chi connectivity index (χ2n) is 10.4. The molecular weight excluding hydrogens is 754 g/mol. The van der Waals surface area contributed by atoms with Crippen LogP contribution in [0.4, 0.5) is 4.39 Å². The van der Waals surface area contributed by atoms with Crippen molar-refractivity contribution >= 4 is 63.3 Å². The third-order valence-corrected chi connectivity index (χ3v) is 9.44. The van der Waals surface area contributed by atoms with E-state index in [1.165, 1.54) is 23.5 Å². The van der Waals surface area contributed by atoms with Gasteiger partial charge in [-0.1, -0.05) is 77.5 Å². The number of esters is 1. The van der Waals surface area contributed by atoms with Crippen molar-refractivity contribution in [1.82, 2.24) is 4.57 Å². The molecule has 0 bridgehead atoms. The molecule has 1 aliphatic rings. The Hall–Kier alpha value is -4.26. The molecule has 11 heteroatoms. The van der Waals surface area contributed by atoms with Gasteiger partial charge in [-0.15, -0.1) is 0 Å². The summed E-state index contributed by atoms with van der Waals surface area (Å²) in [6.45, 7) is 2.12. The van der Waals surface area contributed by atoms with Gasteiger partial charge in [0, 0.05) is 10.6 Å². The first-order chi connectivity index (χ1) is 22.8. The number of rotatable bonds is 9. The predicted octanol–water partition coefficient (Wildman–Crippen LogP) is 6.92. The molecule has 6 rings (SSSR count). The highest BCUT2D eigenvalue weighted by Gasteiger charge is 2.35. The predicted molar refractivity (Wildman–Crippen MR) is 189 cm³/mol. The molecular formula is C36H27ClFIN2O5S. The van der Waals surface area contributed by atoms with E-state index in [4.69, 9.17) is 30.8 Å². The van der Waals surface area contributed by atoms with E-state index in [1.54, 1.807) is 67.1 Å². The highest BCUT2D eigenvalue weighted by atomic mass is 127. The summed E-state index contributed by atoms with van der Waals surface area (Å²) in [4.78, 5) is 33.2. The van der Waals surface area contributed by atoms with Gasteiger partial charge >= 0.3 is 5.97 Å². The number of hydrogen-bond acceptors (Lipinski definition) is 7. The number of carbonyl (C=O) groups excluding carboxylic acids is 1. The lowest BCUT2D eigenvalue weighted by Crippen LogP contribution is -2.40. The SMILES string of the molecule is CCOC(=O)C1=C(c2ccccc2)N=c2s/c(=C\c3cc(I)c(OCc4ccc(F)cc4)c(OC)c3)c(=O)n2[C@H]1c1ccc(Cl)cc1. The quantitative estimate of drug-likeness (QED) is 0.120. The van der Waals surface area contributed by atoms with Crippen LogP contribution in [-0.4, -0.2) is 24.3 Å². The summed E-state index contributed by atoms with van der Waals surface area (Å²) in [6.07, 6.45) is 1.77. The summed E-state index contributed by atoms with van der Waals surface area (Å²) in [5.41, 5.74) is 3.32. The molecule has 7 nitrogen and oxygen atoms in total. The molecule has 0 fully saturated rings. The topological polar surface area (TPSA) is 79.1 Å². The Balaban J connectivity index is 1.48. The van der Waals surface area contributed by atoms with Crippen molar-refractivity contribution < 1.29 is 23.4 Å². The second kappa shape index (κ2) is 14.2. The summed E-state index contributed by atoms with van der Waals surface area (Å²) in [7, 11) is 1.54. The van der Waals surface area contributed by atoms with Crippen LogP contribution < -0.4 is 24.4 Å². The summed E-state index contributed by atoms with van der Waals surface area (Å²) in [5, 5.41) is 0.528. The molecule has 0 aliphatic carbocycles. The van der Waals surface area contributed by atoms with Gasteiger partial charge in [-0.05, 0) is 88.7 Å². The zero-order valence-electron chi connectivity index (χ0n) is 25.2. The lowest BCUT2D eigenvalue weighted by molar-refractivity contribution is -0.138. The van der Waals surface area contributed by atoms with E-state index < -0.39 is 12.0 Å². The fourth-order valence-electron chi connectivity index (χ4n) is 5.25. The van der Waals surface area contributed by atoms with E-state index in [0.29, 0.717) is 42.7 Å². The minimum Gasteiger partial charge on any atom is -0.493 e. The molecule has 5 aromatic rings. The van der Waals surface area contributed by atoms with E-state index >= 15 is 0 Å². The summed E-state index contributed by atoms with van der Waals surface area (Å²) in [5.74, 6) is 0.140. The average molecular weight is 781 g/mol. The Morgan fingerprint density at radius 3 is 2.47 bits per heavy atom. The Morgan fingerprint density at radius 2 is 1.79 bits per heavy atom. The first-order valence-corrected chi connectivity index (χ1v) is 16.8. The number of thiazole rings is 1. The summed E-state index contributed by atoms with van der Waals surface area (Å²) >= 11 is 9.61. The van der Waals surface area contributed by atoms with Crippen molar-refractivity contribution in [3.05, 3.63) is 153 Å². The molecule has 0 unspecified atom stereocenters. The molecule has 0 spiro atoms. The van der Waals surface area contributed by atoms with Crippen LogP contribution in [0.3, 0.4) is 0 Å². The Kier molecular flexibility index (Phi) is 9.90. The van der Waals surface area contributed by atoms with Crippen LogP contribution >= 0.6 is 45.5 Å². The summed E-state index contributed by atoms with van der Waals surface area (Å²) < 4.78 is 33.3. The van der Waals surface area contributed by atoms with Gasteiger partial charge in [0.2, 0.25) is 0 Å². The molecule has 238 valence electrons. The molecule has 0 N–H and O–H groups in total. The molecule has 0 saturated carbocycles. The maximum atomic E-state index is 14.2. The normalized spacial score (nSPS) is 14.4. The fourth-order valence-corrected chi connectivity index (χ4v) is 7.16. The largest absolute Gasteiger partial charge is 0.493 e. The van der Waals surface area contributed by atoms with Gasteiger partial charge in [-0.3, -0.25) is 9.36 Å². The minimum absolute atomic E-state index is 0.159. The van der Waals surface area contributed by atoms with Crippen LogP contribution in [0.1, 0.15) is 35.2 Å². The van der Waals surface area contributed by atoms with Gasteiger partial charge in [0.1, 0.15) is 12.4 Å². The van der Waals surface area contributed by atoms with Crippen molar-refractivity contribution in [3.8, 4) is 11.5 Å². The molecule has 0 amide bonds. The second-order valence-corrected chi connectivity index (χ2v) is 13.0. The number of carbonyl (C=O) groups is 1. The van der Waals surface area contributed by atoms with E-state index in [1.807, 2.05) is 36.4 Å². The molecule has 1 aliphatic heterocycles. The maximum absolute atomic E-state index is 14.2.